The molecule has 4 nitrogen and oxygen atoms in total. The van der Waals surface area contributed by atoms with Gasteiger partial charge in [-0.2, -0.15) is 0 Å². The number of carbonyl (C=O) groups is 1. The van der Waals surface area contributed by atoms with Gasteiger partial charge < -0.3 is 4.57 Å². The van der Waals surface area contributed by atoms with E-state index in [1.807, 2.05) is 0 Å². The Morgan fingerprint density at radius 1 is 1.54 bits per heavy atom. The van der Waals surface area contributed by atoms with E-state index in [0.29, 0.717) is 21.7 Å². The van der Waals surface area contributed by atoms with E-state index in [1.54, 1.807) is 17.8 Å². The zero-order chi connectivity index (χ0) is 9.42. The molecule has 0 fully saturated rings. The van der Waals surface area contributed by atoms with Gasteiger partial charge in [0.1, 0.15) is 17.4 Å². The highest BCUT2D eigenvalue weighted by Crippen LogP contribution is 2.21. The van der Waals surface area contributed by atoms with Crippen LogP contribution in [0.2, 0.25) is 5.15 Å². The van der Waals surface area contributed by atoms with Gasteiger partial charge in [-0.25, -0.2) is 9.97 Å². The van der Waals surface area contributed by atoms with Crippen molar-refractivity contribution in [2.45, 2.75) is 0 Å². The molecular formula is C8H6ClN3O. The molecule has 0 aromatic carbocycles. The quantitative estimate of drug-likeness (QED) is 0.511. The van der Waals surface area contributed by atoms with Gasteiger partial charge in [0, 0.05) is 13.2 Å². The summed E-state index contributed by atoms with van der Waals surface area (Å²) in [4.78, 5) is 18.4. The zero-order valence-electron chi connectivity index (χ0n) is 6.86. The molecule has 0 amide bonds. The van der Waals surface area contributed by atoms with E-state index in [4.69, 9.17) is 11.6 Å². The lowest BCUT2D eigenvalue weighted by Gasteiger charge is -1.95. The summed E-state index contributed by atoms with van der Waals surface area (Å²) in [5, 5.41) is 0.362. The molecule has 13 heavy (non-hydrogen) atoms. The molecule has 0 atom stereocenters. The fraction of sp³-hybridized carbons (Fsp3) is 0.125. The SMILES string of the molecule is Cn1cc(C=O)c2ncnc(Cl)c21. The first kappa shape index (κ1) is 8.19. The molecule has 66 valence electrons. The van der Waals surface area contributed by atoms with Gasteiger partial charge in [-0.3, -0.25) is 4.79 Å². The predicted molar refractivity (Wildman–Crippen MR) is 48.9 cm³/mol. The van der Waals surface area contributed by atoms with E-state index in [-0.39, 0.29) is 0 Å². The average molecular weight is 196 g/mol. The Morgan fingerprint density at radius 3 is 3.00 bits per heavy atom. The van der Waals surface area contributed by atoms with E-state index >= 15 is 0 Å². The molecule has 0 bridgehead atoms. The first-order valence-corrected chi connectivity index (χ1v) is 4.02. The van der Waals surface area contributed by atoms with Gasteiger partial charge in [0.05, 0.1) is 5.56 Å². The second-order valence-corrected chi connectivity index (χ2v) is 3.03. The molecule has 0 aliphatic heterocycles. The lowest BCUT2D eigenvalue weighted by Crippen LogP contribution is -1.88. The monoisotopic (exact) mass is 195 g/mol. The third-order valence-electron chi connectivity index (χ3n) is 1.86. The maximum atomic E-state index is 10.6. The lowest BCUT2D eigenvalue weighted by molar-refractivity contribution is 0.112. The Morgan fingerprint density at radius 2 is 2.31 bits per heavy atom. The molecule has 2 heterocycles. The molecule has 0 saturated carbocycles. The van der Waals surface area contributed by atoms with Gasteiger partial charge in [0.15, 0.2) is 11.4 Å². The van der Waals surface area contributed by atoms with Gasteiger partial charge >= 0.3 is 0 Å². The van der Waals surface area contributed by atoms with Gasteiger partial charge in [0.2, 0.25) is 0 Å². The van der Waals surface area contributed by atoms with Crippen LogP contribution >= 0.6 is 11.6 Å². The van der Waals surface area contributed by atoms with Gasteiger partial charge in [-0.05, 0) is 0 Å². The van der Waals surface area contributed by atoms with Crippen LogP contribution in [-0.2, 0) is 7.05 Å². The van der Waals surface area contributed by atoms with Crippen LogP contribution in [0, 0.1) is 0 Å². The minimum atomic E-state index is 0.362. The van der Waals surface area contributed by atoms with Crippen LogP contribution in [0.3, 0.4) is 0 Å². The summed E-state index contributed by atoms with van der Waals surface area (Å²) in [6.45, 7) is 0. The van der Waals surface area contributed by atoms with E-state index in [9.17, 15) is 4.79 Å². The fourth-order valence-corrected chi connectivity index (χ4v) is 1.57. The summed E-state index contributed by atoms with van der Waals surface area (Å²) in [5.74, 6) is 0. The topological polar surface area (TPSA) is 47.8 Å². The Labute approximate surface area is 79.2 Å². The molecule has 0 spiro atoms. The second kappa shape index (κ2) is 2.81. The maximum Gasteiger partial charge on any atom is 0.156 e. The maximum absolute atomic E-state index is 10.6. The first-order valence-electron chi connectivity index (χ1n) is 3.64. The third-order valence-corrected chi connectivity index (χ3v) is 2.14. The van der Waals surface area contributed by atoms with E-state index in [2.05, 4.69) is 9.97 Å². The molecular weight excluding hydrogens is 190 g/mol. The van der Waals surface area contributed by atoms with Crippen molar-refractivity contribution in [2.75, 3.05) is 0 Å². The molecule has 0 aliphatic rings. The number of aldehydes is 1. The van der Waals surface area contributed by atoms with Crippen LogP contribution in [0.5, 0.6) is 0 Å². The van der Waals surface area contributed by atoms with Crippen molar-refractivity contribution in [3.8, 4) is 0 Å². The highest BCUT2D eigenvalue weighted by Gasteiger charge is 2.10. The molecule has 5 heteroatoms. The molecule has 0 N–H and O–H groups in total. The van der Waals surface area contributed by atoms with Crippen molar-refractivity contribution in [3.05, 3.63) is 23.2 Å². The molecule has 0 radical (unpaired) electrons. The largest absolute Gasteiger partial charge is 0.346 e. The number of fused-ring (bicyclic) bond motifs is 1. The van der Waals surface area contributed by atoms with Crippen LogP contribution in [0.25, 0.3) is 11.0 Å². The summed E-state index contributed by atoms with van der Waals surface area (Å²) in [6, 6.07) is 0. The number of rotatable bonds is 1. The normalized spacial score (nSPS) is 10.6. The van der Waals surface area contributed by atoms with Gasteiger partial charge in [0.25, 0.3) is 0 Å². The Kier molecular flexibility index (Phi) is 1.77. The van der Waals surface area contributed by atoms with E-state index in [1.165, 1.54) is 6.33 Å². The van der Waals surface area contributed by atoms with Gasteiger partial charge in [-0.1, -0.05) is 11.6 Å². The minimum Gasteiger partial charge on any atom is -0.346 e. The number of hydrogen-bond acceptors (Lipinski definition) is 3. The predicted octanol–water partition coefficient (Wildman–Crippen LogP) is 1.43. The number of nitrogens with zero attached hydrogens (tertiary/aromatic N) is 3. The van der Waals surface area contributed by atoms with Crippen LogP contribution in [-0.4, -0.2) is 20.8 Å². The molecule has 0 saturated heterocycles. The Balaban J connectivity index is 2.95. The Bertz CT molecular complexity index is 477. The summed E-state index contributed by atoms with van der Waals surface area (Å²) in [6.07, 6.45) is 3.78. The van der Waals surface area contributed by atoms with Crippen molar-refractivity contribution in [3.63, 3.8) is 0 Å². The molecule has 2 rings (SSSR count). The summed E-state index contributed by atoms with van der Waals surface area (Å²) in [7, 11) is 1.80. The summed E-state index contributed by atoms with van der Waals surface area (Å²) in [5.41, 5.74) is 1.81. The van der Waals surface area contributed by atoms with Crippen molar-refractivity contribution in [1.82, 2.24) is 14.5 Å². The van der Waals surface area contributed by atoms with Crippen molar-refractivity contribution in [2.24, 2.45) is 7.05 Å². The number of aromatic nitrogens is 3. The van der Waals surface area contributed by atoms with Gasteiger partial charge in [-0.15, -0.1) is 0 Å². The van der Waals surface area contributed by atoms with Crippen LogP contribution in [0.4, 0.5) is 0 Å². The van der Waals surface area contributed by atoms with Crippen molar-refractivity contribution >= 4 is 28.9 Å². The van der Waals surface area contributed by atoms with Crippen molar-refractivity contribution in [1.29, 1.82) is 0 Å². The molecule has 2 aromatic heterocycles. The lowest BCUT2D eigenvalue weighted by atomic mass is 10.3. The Hall–Kier alpha value is -1.42. The number of carbonyl (C=O) groups excluding carboxylic acids is 1. The minimum absolute atomic E-state index is 0.362. The van der Waals surface area contributed by atoms with E-state index < -0.39 is 0 Å². The number of hydrogen-bond donors (Lipinski definition) is 0. The highest BCUT2D eigenvalue weighted by atomic mass is 35.5. The standard InChI is InChI=1S/C8H6ClN3O/c1-12-2-5(3-13)6-7(12)8(9)11-4-10-6/h2-4H,1H3. The number of aryl methyl sites for hydroxylation is 1. The van der Waals surface area contributed by atoms with Crippen molar-refractivity contribution < 1.29 is 4.79 Å². The second-order valence-electron chi connectivity index (χ2n) is 2.67. The van der Waals surface area contributed by atoms with E-state index in [0.717, 1.165) is 6.29 Å². The fourth-order valence-electron chi connectivity index (χ4n) is 1.30. The summed E-state index contributed by atoms with van der Waals surface area (Å²) >= 11 is 5.84. The zero-order valence-corrected chi connectivity index (χ0v) is 7.62. The van der Waals surface area contributed by atoms with Crippen LogP contribution in [0.15, 0.2) is 12.5 Å². The molecule has 0 aliphatic carbocycles. The van der Waals surface area contributed by atoms with Crippen LogP contribution in [0.1, 0.15) is 10.4 Å². The summed E-state index contributed by atoms with van der Waals surface area (Å²) < 4.78 is 1.74. The third kappa shape index (κ3) is 1.10. The number of halogens is 1. The molecule has 0 unspecified atom stereocenters. The smallest absolute Gasteiger partial charge is 0.156 e. The highest BCUT2D eigenvalue weighted by molar-refractivity contribution is 6.34. The first-order chi connectivity index (χ1) is 6.24. The average Bonchev–Trinajstić information content (AvgIpc) is 2.44. The van der Waals surface area contributed by atoms with Crippen LogP contribution < -0.4 is 0 Å². The molecule has 2 aromatic rings.